The fraction of sp³-hybridized carbons (Fsp3) is 0.875. The Kier molecular flexibility index (Phi) is 12.7. The molecule has 3 aliphatic rings. The van der Waals surface area contributed by atoms with E-state index in [0.29, 0.717) is 6.42 Å². The molecule has 0 unspecified atom stereocenters. The molecule has 0 aromatic rings. The minimum atomic E-state index is -1.44. The summed E-state index contributed by atoms with van der Waals surface area (Å²) in [7, 11) is 0. The van der Waals surface area contributed by atoms with Crippen LogP contribution in [0.5, 0.6) is 0 Å². The van der Waals surface area contributed by atoms with Crippen LogP contribution in [0.1, 0.15) is 57.8 Å². The van der Waals surface area contributed by atoms with Crippen molar-refractivity contribution in [3.05, 3.63) is 10.6 Å². The van der Waals surface area contributed by atoms with Crippen molar-refractivity contribution in [1.29, 1.82) is 0 Å². The first-order valence-corrected chi connectivity index (χ1v) is 8.33. The molecular formula is C16H28N2O4Pt. The number of carboxylic acid groups (broad SMARTS) is 2. The Hall–Kier alpha value is -0.452. The molecule has 0 spiro atoms. The number of hydrogen-bond donors (Lipinski definition) is 2. The van der Waals surface area contributed by atoms with E-state index in [1.807, 2.05) is 0 Å². The van der Waals surface area contributed by atoms with Gasteiger partial charge in [-0.15, -0.1) is 26.2 Å². The topological polar surface area (TPSA) is 103 Å². The average Bonchev–Trinajstić information content (AvgIpc) is 2.50. The number of piperidine rings is 2. The van der Waals surface area contributed by atoms with Gasteiger partial charge in [0.1, 0.15) is 0 Å². The maximum absolute atomic E-state index is 10.4. The molecule has 3 rings (SSSR count). The van der Waals surface area contributed by atoms with E-state index in [4.69, 9.17) is 10.2 Å². The second-order valence-electron chi connectivity index (χ2n) is 6.01. The molecular weight excluding hydrogens is 479 g/mol. The van der Waals surface area contributed by atoms with Crippen LogP contribution in [0.15, 0.2) is 0 Å². The van der Waals surface area contributed by atoms with Crippen molar-refractivity contribution in [2.45, 2.75) is 57.8 Å². The third-order valence-electron chi connectivity index (χ3n) is 4.29. The summed E-state index contributed by atoms with van der Waals surface area (Å²) in [4.78, 5) is 20.7. The summed E-state index contributed by atoms with van der Waals surface area (Å²) in [6.07, 6.45) is 9.40. The zero-order chi connectivity index (χ0) is 16.3. The number of rotatable bonds is 2. The van der Waals surface area contributed by atoms with Crippen molar-refractivity contribution in [3.8, 4) is 0 Å². The second-order valence-corrected chi connectivity index (χ2v) is 6.01. The smallest absolute Gasteiger partial charge is 0.662 e. The van der Waals surface area contributed by atoms with Crippen molar-refractivity contribution in [1.82, 2.24) is 0 Å². The molecule has 7 heteroatoms. The molecule has 1 aliphatic carbocycles. The van der Waals surface area contributed by atoms with E-state index in [-0.39, 0.29) is 33.9 Å². The maximum Gasteiger partial charge on any atom is 2.00 e. The van der Waals surface area contributed by atoms with Crippen molar-refractivity contribution in [2.75, 3.05) is 26.2 Å². The van der Waals surface area contributed by atoms with Gasteiger partial charge in [0, 0.05) is 0 Å². The van der Waals surface area contributed by atoms with Crippen LogP contribution in [0.3, 0.4) is 0 Å². The molecule has 0 aromatic heterocycles. The Morgan fingerprint density at radius 1 is 0.652 bits per heavy atom. The quantitative estimate of drug-likeness (QED) is 0.559. The van der Waals surface area contributed by atoms with E-state index >= 15 is 0 Å². The van der Waals surface area contributed by atoms with Gasteiger partial charge in [-0.3, -0.25) is 9.59 Å². The van der Waals surface area contributed by atoms with Crippen molar-refractivity contribution < 1.29 is 40.9 Å². The molecule has 2 saturated heterocycles. The van der Waals surface area contributed by atoms with Crippen molar-refractivity contribution in [2.24, 2.45) is 5.41 Å². The van der Waals surface area contributed by atoms with Crippen molar-refractivity contribution >= 4 is 11.9 Å². The molecule has 136 valence electrons. The molecule has 2 N–H and O–H groups in total. The zero-order valence-corrected chi connectivity index (χ0v) is 15.9. The number of aliphatic carboxylic acids is 2. The van der Waals surface area contributed by atoms with E-state index in [1.54, 1.807) is 0 Å². The van der Waals surface area contributed by atoms with E-state index in [2.05, 4.69) is 10.6 Å². The Morgan fingerprint density at radius 2 is 1.00 bits per heavy atom. The summed E-state index contributed by atoms with van der Waals surface area (Å²) >= 11 is 0. The molecule has 0 radical (unpaired) electrons. The summed E-state index contributed by atoms with van der Waals surface area (Å²) in [5, 5.41) is 25.3. The van der Waals surface area contributed by atoms with Crippen LogP contribution in [0.2, 0.25) is 0 Å². The van der Waals surface area contributed by atoms with Crippen LogP contribution < -0.4 is 0 Å². The first kappa shape index (κ1) is 22.5. The van der Waals surface area contributed by atoms with Gasteiger partial charge in [-0.2, -0.15) is 0 Å². The maximum atomic E-state index is 10.4. The predicted molar refractivity (Wildman–Crippen MR) is 85.4 cm³/mol. The Balaban J connectivity index is 0.000000325. The molecule has 0 amide bonds. The number of carbonyl (C=O) groups is 2. The Morgan fingerprint density at radius 3 is 1.04 bits per heavy atom. The molecule has 2 aliphatic heterocycles. The fourth-order valence-electron chi connectivity index (χ4n) is 2.52. The number of nitrogens with zero attached hydrogens (tertiary/aromatic N) is 2. The summed E-state index contributed by atoms with van der Waals surface area (Å²) in [5.74, 6) is -2.41. The fourth-order valence-corrected chi connectivity index (χ4v) is 2.52. The van der Waals surface area contributed by atoms with Gasteiger partial charge in [-0.25, -0.2) is 0 Å². The SMILES string of the molecule is C1CC[N-]CC1.C1CC[N-]CC1.O=C(O)C1(C(=O)O)CCC1.[Pt+2]. The predicted octanol–water partition coefficient (Wildman–Crippen LogP) is 3.41. The largest absolute Gasteiger partial charge is 2.00 e. The molecule has 0 atom stereocenters. The molecule has 2 heterocycles. The van der Waals surface area contributed by atoms with E-state index in [9.17, 15) is 9.59 Å². The summed E-state index contributed by atoms with van der Waals surface area (Å²) in [6, 6.07) is 0. The summed E-state index contributed by atoms with van der Waals surface area (Å²) in [5.41, 5.74) is -1.44. The van der Waals surface area contributed by atoms with E-state index in [0.717, 1.165) is 26.2 Å². The molecule has 6 nitrogen and oxygen atoms in total. The van der Waals surface area contributed by atoms with Gasteiger partial charge in [-0.05, 0) is 19.3 Å². The van der Waals surface area contributed by atoms with Crippen LogP contribution >= 0.6 is 0 Å². The van der Waals surface area contributed by atoms with Gasteiger partial charge >= 0.3 is 33.0 Å². The van der Waals surface area contributed by atoms with Gasteiger partial charge in [0.2, 0.25) is 0 Å². The van der Waals surface area contributed by atoms with Gasteiger partial charge in [0.15, 0.2) is 5.41 Å². The molecule has 3 fully saturated rings. The minimum Gasteiger partial charge on any atom is -0.662 e. The van der Waals surface area contributed by atoms with Crippen LogP contribution in [0.4, 0.5) is 0 Å². The van der Waals surface area contributed by atoms with Crippen LogP contribution in [0.25, 0.3) is 10.6 Å². The first-order chi connectivity index (χ1) is 10.6. The Bertz CT molecular complexity index is 290. The average molecular weight is 507 g/mol. The molecule has 0 aromatic carbocycles. The molecule has 1 saturated carbocycles. The minimum absolute atomic E-state index is 0. The summed E-state index contributed by atoms with van der Waals surface area (Å²) < 4.78 is 0. The van der Waals surface area contributed by atoms with Crippen LogP contribution in [-0.2, 0) is 30.7 Å². The van der Waals surface area contributed by atoms with Crippen LogP contribution in [-0.4, -0.2) is 48.3 Å². The normalized spacial score (nSPS) is 21.7. The van der Waals surface area contributed by atoms with Gasteiger partial charge < -0.3 is 20.8 Å². The van der Waals surface area contributed by atoms with Crippen LogP contribution in [0, 0.1) is 5.41 Å². The summed E-state index contributed by atoms with van der Waals surface area (Å²) in [6.45, 7) is 4.50. The molecule has 0 bridgehead atoms. The second kappa shape index (κ2) is 12.9. The monoisotopic (exact) mass is 507 g/mol. The van der Waals surface area contributed by atoms with Gasteiger partial charge in [0.25, 0.3) is 0 Å². The molecule has 23 heavy (non-hydrogen) atoms. The standard InChI is InChI=1S/C6H8O4.2C5H10N.Pt/c7-4(8)6(5(9)10)2-1-3-6;2*1-2-4-6-5-3-1;/h1-3H2,(H,7,8)(H,9,10);2*1-5H2;/q;2*-1;+2. The van der Waals surface area contributed by atoms with Crippen molar-refractivity contribution in [3.63, 3.8) is 0 Å². The van der Waals surface area contributed by atoms with E-state index in [1.165, 1.54) is 38.5 Å². The third-order valence-corrected chi connectivity index (χ3v) is 4.29. The number of carboxylic acids is 2. The van der Waals surface area contributed by atoms with Gasteiger partial charge in [-0.1, -0.05) is 38.5 Å². The van der Waals surface area contributed by atoms with E-state index < -0.39 is 17.4 Å². The third kappa shape index (κ3) is 8.27. The van der Waals surface area contributed by atoms with Gasteiger partial charge in [0.05, 0.1) is 0 Å². The Labute approximate surface area is 153 Å². The number of hydrogen-bond acceptors (Lipinski definition) is 2. The zero-order valence-electron chi connectivity index (χ0n) is 13.6. The first-order valence-electron chi connectivity index (χ1n) is 8.33.